The quantitative estimate of drug-likeness (QED) is 0.731. The fraction of sp³-hybridized carbons (Fsp3) is 0.333. The summed E-state index contributed by atoms with van der Waals surface area (Å²) in [4.78, 5) is 24.2. The molecule has 0 aromatic heterocycles. The molecule has 0 heterocycles. The van der Waals surface area contributed by atoms with Crippen molar-refractivity contribution in [2.24, 2.45) is 0 Å². The van der Waals surface area contributed by atoms with E-state index in [2.05, 4.69) is 10.6 Å². The molecule has 2 amide bonds. The number of ether oxygens (including phenoxy) is 1. The smallest absolute Gasteiger partial charge is 0.239 e. The second-order valence-electron chi connectivity index (χ2n) is 6.68. The van der Waals surface area contributed by atoms with Gasteiger partial charge in [-0.2, -0.15) is 0 Å². The Morgan fingerprint density at radius 2 is 1.85 bits per heavy atom. The van der Waals surface area contributed by atoms with E-state index in [1.165, 1.54) is 0 Å². The van der Waals surface area contributed by atoms with Crippen molar-refractivity contribution < 1.29 is 14.3 Å². The molecule has 5 nitrogen and oxygen atoms in total. The summed E-state index contributed by atoms with van der Waals surface area (Å²) in [5.74, 6) is 0.103. The third-order valence-corrected chi connectivity index (χ3v) is 4.85. The van der Waals surface area contributed by atoms with Crippen LogP contribution in [0.4, 0.5) is 0 Å². The zero-order valence-corrected chi connectivity index (χ0v) is 16.0. The summed E-state index contributed by atoms with van der Waals surface area (Å²) in [5, 5.41) is 6.08. The van der Waals surface area contributed by atoms with Gasteiger partial charge >= 0.3 is 0 Å². The molecule has 0 spiro atoms. The molecular formula is C21H23ClN2O3. The predicted molar refractivity (Wildman–Crippen MR) is 105 cm³/mol. The van der Waals surface area contributed by atoms with Crippen LogP contribution in [0.25, 0.3) is 0 Å². The Morgan fingerprint density at radius 3 is 2.48 bits per heavy atom. The SMILES string of the molecule is COc1ccc(C(CC(=O)NCC(=O)NC2CC2)c2ccccc2)cc1Cl. The van der Waals surface area contributed by atoms with Gasteiger partial charge in [0, 0.05) is 18.4 Å². The zero-order valence-electron chi connectivity index (χ0n) is 15.2. The van der Waals surface area contributed by atoms with Crippen LogP contribution in [0.5, 0.6) is 5.75 Å². The Labute approximate surface area is 164 Å². The highest BCUT2D eigenvalue weighted by molar-refractivity contribution is 6.32. The highest BCUT2D eigenvalue weighted by atomic mass is 35.5. The summed E-state index contributed by atoms with van der Waals surface area (Å²) in [5.41, 5.74) is 1.93. The molecule has 3 rings (SSSR count). The molecular weight excluding hydrogens is 364 g/mol. The Balaban J connectivity index is 1.71. The lowest BCUT2D eigenvalue weighted by Crippen LogP contribution is -2.38. The summed E-state index contributed by atoms with van der Waals surface area (Å²) in [6.07, 6.45) is 2.27. The van der Waals surface area contributed by atoms with Gasteiger partial charge in [-0.1, -0.05) is 48.0 Å². The molecule has 1 aliphatic carbocycles. The molecule has 27 heavy (non-hydrogen) atoms. The molecule has 0 radical (unpaired) electrons. The average molecular weight is 387 g/mol. The lowest BCUT2D eigenvalue weighted by atomic mass is 9.88. The van der Waals surface area contributed by atoms with Crippen molar-refractivity contribution in [2.75, 3.05) is 13.7 Å². The number of nitrogens with one attached hydrogen (secondary N) is 2. The van der Waals surface area contributed by atoms with Crippen LogP contribution in [0.3, 0.4) is 0 Å². The number of carbonyl (C=O) groups is 2. The van der Waals surface area contributed by atoms with Gasteiger partial charge in [-0.15, -0.1) is 0 Å². The van der Waals surface area contributed by atoms with Gasteiger partial charge in [0.2, 0.25) is 11.8 Å². The molecule has 142 valence electrons. The molecule has 1 saturated carbocycles. The van der Waals surface area contributed by atoms with Crippen LogP contribution in [0.2, 0.25) is 5.02 Å². The number of carbonyl (C=O) groups excluding carboxylic acids is 2. The number of hydrogen-bond donors (Lipinski definition) is 2. The Kier molecular flexibility index (Phi) is 6.35. The fourth-order valence-electron chi connectivity index (χ4n) is 2.96. The van der Waals surface area contributed by atoms with E-state index in [1.54, 1.807) is 13.2 Å². The van der Waals surface area contributed by atoms with Gasteiger partial charge in [-0.25, -0.2) is 0 Å². The van der Waals surface area contributed by atoms with Gasteiger partial charge in [0.25, 0.3) is 0 Å². The number of methoxy groups -OCH3 is 1. The minimum Gasteiger partial charge on any atom is -0.495 e. The molecule has 1 aliphatic rings. The van der Waals surface area contributed by atoms with E-state index in [-0.39, 0.29) is 36.7 Å². The van der Waals surface area contributed by atoms with Gasteiger partial charge in [0.1, 0.15) is 5.75 Å². The summed E-state index contributed by atoms with van der Waals surface area (Å²) >= 11 is 6.28. The summed E-state index contributed by atoms with van der Waals surface area (Å²) in [6, 6.07) is 15.6. The number of amides is 2. The van der Waals surface area contributed by atoms with Crippen LogP contribution >= 0.6 is 11.6 Å². The van der Waals surface area contributed by atoms with E-state index >= 15 is 0 Å². The largest absolute Gasteiger partial charge is 0.495 e. The van der Waals surface area contributed by atoms with Crippen molar-refractivity contribution in [3.8, 4) is 5.75 Å². The van der Waals surface area contributed by atoms with Crippen molar-refractivity contribution in [1.82, 2.24) is 10.6 Å². The Bertz CT molecular complexity index is 806. The van der Waals surface area contributed by atoms with Crippen molar-refractivity contribution in [2.45, 2.75) is 31.2 Å². The van der Waals surface area contributed by atoms with Crippen LogP contribution < -0.4 is 15.4 Å². The van der Waals surface area contributed by atoms with E-state index < -0.39 is 0 Å². The molecule has 0 saturated heterocycles. The van der Waals surface area contributed by atoms with Crippen molar-refractivity contribution in [3.05, 3.63) is 64.7 Å². The lowest BCUT2D eigenvalue weighted by Gasteiger charge is -2.19. The zero-order chi connectivity index (χ0) is 19.2. The van der Waals surface area contributed by atoms with Crippen LogP contribution in [0.1, 0.15) is 36.3 Å². The molecule has 1 fully saturated rings. The van der Waals surface area contributed by atoms with E-state index in [0.717, 1.165) is 24.0 Å². The van der Waals surface area contributed by atoms with Gasteiger partial charge in [-0.05, 0) is 36.1 Å². The van der Waals surface area contributed by atoms with Gasteiger partial charge in [-0.3, -0.25) is 9.59 Å². The van der Waals surface area contributed by atoms with Gasteiger partial charge in [0.05, 0.1) is 18.7 Å². The summed E-state index contributed by atoms with van der Waals surface area (Å²) in [7, 11) is 1.57. The average Bonchev–Trinajstić information content (AvgIpc) is 3.49. The van der Waals surface area contributed by atoms with E-state index in [4.69, 9.17) is 16.3 Å². The molecule has 2 aromatic rings. The standard InChI is InChI=1S/C21H23ClN2O3/c1-27-19-10-7-15(11-18(19)22)17(14-5-3-2-4-6-14)12-20(25)23-13-21(26)24-16-8-9-16/h2-7,10-11,16-17H,8-9,12-13H2,1H3,(H,23,25)(H,24,26). The van der Waals surface area contributed by atoms with Crippen LogP contribution in [0, 0.1) is 0 Å². The highest BCUT2D eigenvalue weighted by Crippen LogP contribution is 2.33. The molecule has 2 aromatic carbocycles. The van der Waals surface area contributed by atoms with Crippen LogP contribution in [0.15, 0.2) is 48.5 Å². The first-order valence-electron chi connectivity index (χ1n) is 9.01. The molecule has 0 aliphatic heterocycles. The molecule has 0 bridgehead atoms. The summed E-state index contributed by atoms with van der Waals surface area (Å²) < 4.78 is 5.21. The third-order valence-electron chi connectivity index (χ3n) is 4.56. The number of rotatable bonds is 8. The number of halogens is 1. The Hall–Kier alpha value is -2.53. The lowest BCUT2D eigenvalue weighted by molar-refractivity contribution is -0.126. The minimum atomic E-state index is -0.179. The minimum absolute atomic E-state index is 0.000210. The van der Waals surface area contributed by atoms with Gasteiger partial charge in [0.15, 0.2) is 0 Å². The van der Waals surface area contributed by atoms with Crippen molar-refractivity contribution in [3.63, 3.8) is 0 Å². The van der Waals surface area contributed by atoms with Crippen LogP contribution in [-0.4, -0.2) is 31.5 Å². The maximum absolute atomic E-state index is 12.5. The first-order valence-corrected chi connectivity index (χ1v) is 9.39. The first-order chi connectivity index (χ1) is 13.1. The molecule has 1 atom stereocenters. The number of benzene rings is 2. The van der Waals surface area contributed by atoms with Gasteiger partial charge < -0.3 is 15.4 Å². The Morgan fingerprint density at radius 1 is 1.11 bits per heavy atom. The van der Waals surface area contributed by atoms with Crippen LogP contribution in [-0.2, 0) is 9.59 Å². The van der Waals surface area contributed by atoms with Crippen molar-refractivity contribution in [1.29, 1.82) is 0 Å². The number of hydrogen-bond acceptors (Lipinski definition) is 3. The first kappa shape index (κ1) is 19.2. The maximum Gasteiger partial charge on any atom is 0.239 e. The van der Waals surface area contributed by atoms with Crippen molar-refractivity contribution >= 4 is 23.4 Å². The maximum atomic E-state index is 12.5. The monoisotopic (exact) mass is 386 g/mol. The summed E-state index contributed by atoms with van der Waals surface area (Å²) in [6.45, 7) is 0.000210. The van der Waals surface area contributed by atoms with E-state index in [0.29, 0.717) is 10.8 Å². The second kappa shape index (κ2) is 8.91. The fourth-order valence-corrected chi connectivity index (χ4v) is 3.22. The topological polar surface area (TPSA) is 67.4 Å². The van der Waals surface area contributed by atoms with E-state index in [1.807, 2.05) is 42.5 Å². The van der Waals surface area contributed by atoms with E-state index in [9.17, 15) is 9.59 Å². The highest BCUT2D eigenvalue weighted by Gasteiger charge is 2.24. The second-order valence-corrected chi connectivity index (χ2v) is 7.09. The molecule has 2 N–H and O–H groups in total. The molecule has 6 heteroatoms. The molecule has 1 unspecified atom stereocenters. The third kappa shape index (κ3) is 5.47. The normalized spacial score (nSPS) is 14.3. The predicted octanol–water partition coefficient (Wildman–Crippen LogP) is 3.27.